The number of aromatic amines is 1. The smallest absolute Gasteiger partial charge is 0.0806 e. The molecule has 0 amide bonds. The van der Waals surface area contributed by atoms with E-state index in [9.17, 15) is 0 Å². The van der Waals surface area contributed by atoms with E-state index >= 15 is 0 Å². The van der Waals surface area contributed by atoms with Crippen LogP contribution >= 0.6 is 11.8 Å². The molecule has 0 saturated heterocycles. The van der Waals surface area contributed by atoms with Crippen molar-refractivity contribution >= 4 is 28.7 Å². The van der Waals surface area contributed by atoms with Crippen LogP contribution in [0, 0.1) is 0 Å². The molecule has 0 aliphatic carbocycles. The van der Waals surface area contributed by atoms with Gasteiger partial charge in [-0.2, -0.15) is 0 Å². The maximum atomic E-state index is 3.86. The van der Waals surface area contributed by atoms with Gasteiger partial charge < -0.3 is 4.98 Å². The van der Waals surface area contributed by atoms with E-state index in [1.54, 1.807) is 0 Å². The second-order valence-electron chi connectivity index (χ2n) is 3.05. The van der Waals surface area contributed by atoms with Crippen LogP contribution in [0.4, 0.5) is 0 Å². The van der Waals surface area contributed by atoms with Crippen molar-refractivity contribution < 1.29 is 0 Å². The molecule has 2 aromatic rings. The molecule has 1 aromatic carbocycles. The van der Waals surface area contributed by atoms with Crippen molar-refractivity contribution in [2.45, 2.75) is 11.9 Å². The summed E-state index contributed by atoms with van der Waals surface area (Å²) in [6.45, 7) is 6.02. The van der Waals surface area contributed by atoms with Gasteiger partial charge in [-0.05, 0) is 11.8 Å². The molecule has 0 radical (unpaired) electrons. The number of para-hydroxylation sites is 1. The fraction of sp³-hybridized carbons (Fsp3) is 0.167. The van der Waals surface area contributed by atoms with Gasteiger partial charge in [0.25, 0.3) is 0 Å². The summed E-state index contributed by atoms with van der Waals surface area (Å²) < 4.78 is 0. The third-order valence-electron chi connectivity index (χ3n) is 2.20. The second-order valence-corrected chi connectivity index (χ2v) is 4.32. The summed E-state index contributed by atoms with van der Waals surface area (Å²) in [5.41, 5.74) is 2.42. The van der Waals surface area contributed by atoms with Crippen molar-refractivity contribution in [3.8, 4) is 0 Å². The third kappa shape index (κ3) is 1.46. The first kappa shape index (κ1) is 9.41. The number of aromatic nitrogens is 1. The van der Waals surface area contributed by atoms with E-state index in [4.69, 9.17) is 0 Å². The van der Waals surface area contributed by atoms with Gasteiger partial charge in [0.1, 0.15) is 0 Å². The predicted molar refractivity (Wildman–Crippen MR) is 64.8 cm³/mol. The quantitative estimate of drug-likeness (QED) is 0.747. The standard InChI is InChI=1S/C12H13NS/c1-3-9-10-7-5-6-8-11(10)13-12(9)14-4-2/h3,5-8,13H,1,4H2,2H3. The first-order valence-electron chi connectivity index (χ1n) is 4.72. The van der Waals surface area contributed by atoms with Gasteiger partial charge in [0.05, 0.1) is 5.03 Å². The van der Waals surface area contributed by atoms with Crippen molar-refractivity contribution in [2.75, 3.05) is 5.75 Å². The molecule has 0 aliphatic heterocycles. The molecule has 72 valence electrons. The molecular weight excluding hydrogens is 190 g/mol. The van der Waals surface area contributed by atoms with E-state index in [2.05, 4.69) is 36.7 Å². The summed E-state index contributed by atoms with van der Waals surface area (Å²) in [5.74, 6) is 1.08. The van der Waals surface area contributed by atoms with Crippen molar-refractivity contribution in [3.05, 3.63) is 36.4 Å². The number of thioether (sulfide) groups is 1. The molecule has 0 unspecified atom stereocenters. The lowest BCUT2D eigenvalue weighted by Gasteiger charge is -1.95. The van der Waals surface area contributed by atoms with E-state index in [0.717, 1.165) is 5.75 Å². The minimum atomic E-state index is 1.08. The highest BCUT2D eigenvalue weighted by Gasteiger charge is 2.06. The van der Waals surface area contributed by atoms with Crippen LogP contribution in [0.5, 0.6) is 0 Å². The molecule has 0 atom stereocenters. The highest BCUT2D eigenvalue weighted by molar-refractivity contribution is 7.99. The molecule has 1 N–H and O–H groups in total. The zero-order valence-corrected chi connectivity index (χ0v) is 9.03. The Labute approximate surface area is 88.2 Å². The van der Waals surface area contributed by atoms with Crippen molar-refractivity contribution in [1.82, 2.24) is 4.98 Å². The largest absolute Gasteiger partial charge is 0.349 e. The molecule has 0 aliphatic rings. The van der Waals surface area contributed by atoms with Gasteiger partial charge in [0.2, 0.25) is 0 Å². The van der Waals surface area contributed by atoms with Crippen molar-refractivity contribution in [1.29, 1.82) is 0 Å². The maximum absolute atomic E-state index is 3.86. The molecule has 14 heavy (non-hydrogen) atoms. The normalized spacial score (nSPS) is 10.6. The van der Waals surface area contributed by atoms with E-state index in [1.165, 1.54) is 21.5 Å². The van der Waals surface area contributed by atoms with Crippen LogP contribution in [-0.4, -0.2) is 10.7 Å². The van der Waals surface area contributed by atoms with Crippen LogP contribution in [0.25, 0.3) is 17.0 Å². The molecule has 1 aromatic heterocycles. The van der Waals surface area contributed by atoms with E-state index in [1.807, 2.05) is 23.9 Å². The SMILES string of the molecule is C=Cc1c(SCC)[nH]c2ccccc12. The Morgan fingerprint density at radius 2 is 2.21 bits per heavy atom. The van der Waals surface area contributed by atoms with Crippen LogP contribution < -0.4 is 0 Å². The third-order valence-corrected chi connectivity index (χ3v) is 3.10. The number of rotatable bonds is 3. The Balaban J connectivity index is 2.65. The first-order valence-corrected chi connectivity index (χ1v) is 5.71. The molecule has 0 fully saturated rings. The van der Waals surface area contributed by atoms with E-state index < -0.39 is 0 Å². The van der Waals surface area contributed by atoms with E-state index in [0.29, 0.717) is 0 Å². The molecular formula is C12H13NS. The Hall–Kier alpha value is -1.15. The molecule has 2 rings (SSSR count). The van der Waals surface area contributed by atoms with Crippen LogP contribution in [0.2, 0.25) is 0 Å². The summed E-state index contributed by atoms with van der Waals surface area (Å²) in [7, 11) is 0. The lowest BCUT2D eigenvalue weighted by molar-refractivity contribution is 1.22. The van der Waals surface area contributed by atoms with Gasteiger partial charge in [-0.15, -0.1) is 11.8 Å². The second kappa shape index (κ2) is 3.93. The van der Waals surface area contributed by atoms with Crippen LogP contribution in [-0.2, 0) is 0 Å². The fourth-order valence-corrected chi connectivity index (χ4v) is 2.42. The van der Waals surface area contributed by atoms with Gasteiger partial charge >= 0.3 is 0 Å². The fourth-order valence-electron chi connectivity index (χ4n) is 1.60. The summed E-state index contributed by atoms with van der Waals surface area (Å²) in [6, 6.07) is 8.33. The van der Waals surface area contributed by atoms with Crippen LogP contribution in [0.15, 0.2) is 35.9 Å². The lowest BCUT2D eigenvalue weighted by atomic mass is 10.2. The van der Waals surface area contributed by atoms with Gasteiger partial charge in [-0.25, -0.2) is 0 Å². The number of hydrogen-bond acceptors (Lipinski definition) is 1. The Bertz CT molecular complexity index is 456. The van der Waals surface area contributed by atoms with Crippen LogP contribution in [0.3, 0.4) is 0 Å². The first-order chi connectivity index (χ1) is 6.86. The van der Waals surface area contributed by atoms with Gasteiger partial charge in [-0.3, -0.25) is 0 Å². The highest BCUT2D eigenvalue weighted by Crippen LogP contribution is 2.30. The Morgan fingerprint density at radius 1 is 1.43 bits per heavy atom. The summed E-state index contributed by atoms with van der Waals surface area (Å²) in [5, 5.41) is 2.49. The number of benzene rings is 1. The molecule has 1 nitrogen and oxygen atoms in total. The van der Waals surface area contributed by atoms with Gasteiger partial charge in [-0.1, -0.05) is 37.8 Å². The van der Waals surface area contributed by atoms with Gasteiger partial charge in [0.15, 0.2) is 0 Å². The molecule has 0 bridgehead atoms. The number of H-pyrrole nitrogens is 1. The van der Waals surface area contributed by atoms with E-state index in [-0.39, 0.29) is 0 Å². The zero-order valence-electron chi connectivity index (χ0n) is 8.21. The monoisotopic (exact) mass is 203 g/mol. The highest BCUT2D eigenvalue weighted by atomic mass is 32.2. The average molecular weight is 203 g/mol. The molecule has 1 heterocycles. The number of fused-ring (bicyclic) bond motifs is 1. The average Bonchev–Trinajstić information content (AvgIpc) is 2.55. The summed E-state index contributed by atoms with van der Waals surface area (Å²) >= 11 is 1.83. The minimum absolute atomic E-state index is 1.08. The minimum Gasteiger partial charge on any atom is -0.349 e. The van der Waals surface area contributed by atoms with Gasteiger partial charge in [0, 0.05) is 16.5 Å². The van der Waals surface area contributed by atoms with Crippen molar-refractivity contribution in [3.63, 3.8) is 0 Å². The molecule has 0 spiro atoms. The zero-order chi connectivity index (χ0) is 9.97. The number of nitrogens with one attached hydrogen (secondary N) is 1. The lowest BCUT2D eigenvalue weighted by Crippen LogP contribution is -1.75. The Morgan fingerprint density at radius 3 is 2.93 bits per heavy atom. The topological polar surface area (TPSA) is 15.8 Å². The molecule has 0 saturated carbocycles. The maximum Gasteiger partial charge on any atom is 0.0806 e. The predicted octanol–water partition coefficient (Wildman–Crippen LogP) is 3.92. The molecule has 2 heteroatoms. The Kier molecular flexibility index (Phi) is 2.64. The van der Waals surface area contributed by atoms with Crippen LogP contribution in [0.1, 0.15) is 12.5 Å². The van der Waals surface area contributed by atoms with Crippen molar-refractivity contribution in [2.24, 2.45) is 0 Å². The summed E-state index contributed by atoms with van der Waals surface area (Å²) in [4.78, 5) is 3.41. The number of hydrogen-bond donors (Lipinski definition) is 1. The summed E-state index contributed by atoms with van der Waals surface area (Å²) in [6.07, 6.45) is 1.93.